The molecule has 0 aliphatic heterocycles. The number of nitrogens with zero attached hydrogens (tertiary/aromatic N) is 2. The summed E-state index contributed by atoms with van der Waals surface area (Å²) in [5.41, 5.74) is 5.25. The molecule has 0 radical (unpaired) electrons. The number of carbonyl (C=O) groups is 1. The summed E-state index contributed by atoms with van der Waals surface area (Å²) >= 11 is 0. The van der Waals surface area contributed by atoms with Crippen molar-refractivity contribution >= 4 is 17.2 Å². The summed E-state index contributed by atoms with van der Waals surface area (Å²) in [5.74, 6) is 0.790. The molecule has 0 aliphatic rings. The van der Waals surface area contributed by atoms with Crippen LogP contribution in [-0.2, 0) is 11.2 Å². The molecule has 0 aliphatic carbocycles. The Morgan fingerprint density at radius 1 is 1.09 bits per heavy atom. The molecule has 2 aromatic carbocycles. The number of ether oxygens (including phenoxy) is 1. The van der Waals surface area contributed by atoms with Crippen LogP contribution in [0.3, 0.4) is 0 Å². The van der Waals surface area contributed by atoms with Gasteiger partial charge in [-0.15, -0.1) is 0 Å². The number of carbonyl (C=O) groups excluding carboxylic acids is 1. The van der Waals surface area contributed by atoms with E-state index in [1.807, 2.05) is 53.9 Å². The fraction of sp³-hybridized carbons (Fsp3) is 0.259. The normalized spacial score (nSPS) is 11.2. The van der Waals surface area contributed by atoms with Gasteiger partial charge < -0.3 is 14.5 Å². The molecule has 0 spiro atoms. The quantitative estimate of drug-likeness (QED) is 0.381. The third-order valence-corrected chi connectivity index (χ3v) is 5.35. The molecule has 2 heterocycles. The third-order valence-electron chi connectivity index (χ3n) is 5.35. The second-order valence-electron chi connectivity index (χ2n) is 8.76. The minimum Gasteiger partial charge on any atom is -0.493 e. The number of amides is 1. The highest BCUT2D eigenvalue weighted by Crippen LogP contribution is 2.27. The van der Waals surface area contributed by atoms with E-state index in [1.54, 1.807) is 19.1 Å². The number of fused-ring (bicyclic) bond motifs is 1. The van der Waals surface area contributed by atoms with E-state index in [2.05, 4.69) is 19.2 Å². The van der Waals surface area contributed by atoms with Crippen molar-refractivity contribution in [2.45, 2.75) is 34.1 Å². The van der Waals surface area contributed by atoms with E-state index < -0.39 is 0 Å². The maximum atomic E-state index is 13.8. The van der Waals surface area contributed by atoms with Crippen LogP contribution in [0.4, 0.5) is 10.1 Å². The highest BCUT2D eigenvalue weighted by atomic mass is 19.1. The highest BCUT2D eigenvalue weighted by molar-refractivity contribution is 5.93. The van der Waals surface area contributed by atoms with Gasteiger partial charge in [0.15, 0.2) is 0 Å². The molecular formula is C27H28FN3O2. The first kappa shape index (κ1) is 22.5. The molecule has 0 bridgehead atoms. The van der Waals surface area contributed by atoms with Gasteiger partial charge in [-0.1, -0.05) is 19.9 Å². The second-order valence-corrected chi connectivity index (χ2v) is 8.76. The maximum Gasteiger partial charge on any atom is 0.230 e. The van der Waals surface area contributed by atoms with Crippen molar-refractivity contribution in [3.05, 3.63) is 83.4 Å². The number of nitrogens with one attached hydrogen (secondary N) is 1. The number of benzene rings is 2. The lowest BCUT2D eigenvalue weighted by molar-refractivity contribution is -0.115. The number of pyridine rings is 1. The molecule has 0 unspecified atom stereocenters. The van der Waals surface area contributed by atoms with Crippen LogP contribution in [0.25, 0.3) is 16.9 Å². The SMILES string of the molecule is Cc1ccc2nc(-c3ccc(F)c(C)c3)c(CC(=O)Nc3ccc(OCC(C)C)cc3)n2c1. The molecule has 0 saturated heterocycles. The predicted molar refractivity (Wildman–Crippen MR) is 129 cm³/mol. The number of hydrogen-bond acceptors (Lipinski definition) is 3. The van der Waals surface area contributed by atoms with Crippen molar-refractivity contribution in [1.29, 1.82) is 0 Å². The first-order chi connectivity index (χ1) is 15.8. The second kappa shape index (κ2) is 9.45. The van der Waals surface area contributed by atoms with E-state index in [-0.39, 0.29) is 18.1 Å². The third kappa shape index (κ3) is 5.22. The first-order valence-corrected chi connectivity index (χ1v) is 11.1. The average Bonchev–Trinajstić information content (AvgIpc) is 3.12. The van der Waals surface area contributed by atoms with Gasteiger partial charge >= 0.3 is 0 Å². The van der Waals surface area contributed by atoms with Gasteiger partial charge in [-0.2, -0.15) is 0 Å². The standard InChI is InChI=1S/C27H28FN3O2/c1-17(2)16-33-22-9-7-21(8-10-22)29-26(32)14-24-27(20-6-11-23(28)19(4)13-20)30-25-12-5-18(3)15-31(24)25/h5-13,15,17H,14,16H2,1-4H3,(H,29,32). The Morgan fingerprint density at radius 2 is 1.85 bits per heavy atom. The molecule has 5 nitrogen and oxygen atoms in total. The Balaban J connectivity index is 1.60. The van der Waals surface area contributed by atoms with E-state index in [4.69, 9.17) is 9.72 Å². The van der Waals surface area contributed by atoms with Crippen molar-refractivity contribution in [2.75, 3.05) is 11.9 Å². The summed E-state index contributed by atoms with van der Waals surface area (Å²) in [6.07, 6.45) is 2.09. The number of anilines is 1. The Bertz CT molecular complexity index is 1290. The van der Waals surface area contributed by atoms with Gasteiger partial charge in [-0.3, -0.25) is 4.79 Å². The van der Waals surface area contributed by atoms with Crippen LogP contribution in [-0.4, -0.2) is 21.9 Å². The zero-order chi connectivity index (χ0) is 23.5. The van der Waals surface area contributed by atoms with E-state index in [9.17, 15) is 9.18 Å². The molecule has 4 rings (SSSR count). The van der Waals surface area contributed by atoms with Crippen LogP contribution < -0.4 is 10.1 Å². The van der Waals surface area contributed by atoms with Gasteiger partial charge in [0, 0.05) is 17.4 Å². The van der Waals surface area contributed by atoms with Crippen LogP contribution >= 0.6 is 0 Å². The van der Waals surface area contributed by atoms with Crippen LogP contribution in [0, 0.1) is 25.6 Å². The van der Waals surface area contributed by atoms with Crippen LogP contribution in [0.5, 0.6) is 5.75 Å². The Hall–Kier alpha value is -3.67. The molecule has 4 aromatic rings. The molecule has 6 heteroatoms. The lowest BCUT2D eigenvalue weighted by Gasteiger charge is -2.11. The van der Waals surface area contributed by atoms with Crippen molar-refractivity contribution in [3.63, 3.8) is 0 Å². The van der Waals surface area contributed by atoms with E-state index in [0.717, 1.165) is 28.2 Å². The molecular weight excluding hydrogens is 417 g/mol. The van der Waals surface area contributed by atoms with Gasteiger partial charge in [-0.05, 0) is 79.4 Å². The summed E-state index contributed by atoms with van der Waals surface area (Å²) in [5, 5.41) is 2.96. The van der Waals surface area contributed by atoms with Gasteiger partial charge in [0.05, 0.1) is 24.4 Å². The molecule has 0 fully saturated rings. The Labute approximate surface area is 193 Å². The molecule has 1 amide bonds. The summed E-state index contributed by atoms with van der Waals surface area (Å²) in [7, 11) is 0. The number of aryl methyl sites for hydroxylation is 2. The van der Waals surface area contributed by atoms with Gasteiger partial charge in [0.1, 0.15) is 17.2 Å². The molecule has 0 saturated carbocycles. The van der Waals surface area contributed by atoms with Gasteiger partial charge in [0.25, 0.3) is 0 Å². The largest absolute Gasteiger partial charge is 0.493 e. The summed E-state index contributed by atoms with van der Waals surface area (Å²) < 4.78 is 21.5. The fourth-order valence-corrected chi connectivity index (χ4v) is 3.65. The number of rotatable bonds is 7. The fourth-order valence-electron chi connectivity index (χ4n) is 3.65. The molecule has 1 N–H and O–H groups in total. The zero-order valence-electron chi connectivity index (χ0n) is 19.4. The zero-order valence-corrected chi connectivity index (χ0v) is 19.4. The Morgan fingerprint density at radius 3 is 2.55 bits per heavy atom. The van der Waals surface area contributed by atoms with E-state index in [1.165, 1.54) is 6.07 Å². The minimum atomic E-state index is -0.265. The maximum absolute atomic E-state index is 13.8. The van der Waals surface area contributed by atoms with E-state index in [0.29, 0.717) is 29.5 Å². The lowest BCUT2D eigenvalue weighted by Crippen LogP contribution is -2.16. The molecule has 170 valence electrons. The molecule has 2 aromatic heterocycles. The molecule has 0 atom stereocenters. The number of halogens is 1. The van der Waals surface area contributed by atoms with Gasteiger partial charge in [0.2, 0.25) is 5.91 Å². The number of aromatic nitrogens is 2. The minimum absolute atomic E-state index is 0.127. The molecule has 33 heavy (non-hydrogen) atoms. The van der Waals surface area contributed by atoms with Crippen LogP contribution in [0.15, 0.2) is 60.8 Å². The van der Waals surface area contributed by atoms with Crippen molar-refractivity contribution in [1.82, 2.24) is 9.38 Å². The predicted octanol–water partition coefficient (Wildman–Crippen LogP) is 5.97. The number of imidazole rings is 1. The Kier molecular flexibility index (Phi) is 6.45. The smallest absolute Gasteiger partial charge is 0.230 e. The van der Waals surface area contributed by atoms with Crippen molar-refractivity contribution in [3.8, 4) is 17.0 Å². The topological polar surface area (TPSA) is 55.6 Å². The number of hydrogen-bond donors (Lipinski definition) is 1. The summed E-state index contributed by atoms with van der Waals surface area (Å²) in [6.45, 7) is 8.55. The van der Waals surface area contributed by atoms with Crippen molar-refractivity contribution in [2.24, 2.45) is 5.92 Å². The first-order valence-electron chi connectivity index (χ1n) is 11.1. The monoisotopic (exact) mass is 445 g/mol. The van der Waals surface area contributed by atoms with E-state index >= 15 is 0 Å². The lowest BCUT2D eigenvalue weighted by atomic mass is 10.1. The average molecular weight is 446 g/mol. The highest BCUT2D eigenvalue weighted by Gasteiger charge is 2.18. The van der Waals surface area contributed by atoms with Gasteiger partial charge in [-0.25, -0.2) is 9.37 Å². The summed E-state index contributed by atoms with van der Waals surface area (Å²) in [6, 6.07) is 16.2. The van der Waals surface area contributed by atoms with Crippen LogP contribution in [0.1, 0.15) is 30.7 Å². The van der Waals surface area contributed by atoms with Crippen LogP contribution in [0.2, 0.25) is 0 Å². The summed E-state index contributed by atoms with van der Waals surface area (Å²) in [4.78, 5) is 17.7. The van der Waals surface area contributed by atoms with Crippen molar-refractivity contribution < 1.29 is 13.9 Å².